The number of pyridine rings is 1. The molecule has 0 atom stereocenters. The van der Waals surface area contributed by atoms with Crippen molar-refractivity contribution in [3.05, 3.63) is 66.4 Å². The fourth-order valence-electron chi connectivity index (χ4n) is 3.63. The zero-order chi connectivity index (χ0) is 19.3. The van der Waals surface area contributed by atoms with Crippen molar-refractivity contribution < 1.29 is 9.50 Å². The van der Waals surface area contributed by atoms with E-state index in [0.717, 1.165) is 44.0 Å². The minimum Gasteiger partial charge on any atom is -0.394 e. The van der Waals surface area contributed by atoms with Crippen LogP contribution in [0, 0.1) is 5.82 Å². The Bertz CT molecular complexity index is 927. The van der Waals surface area contributed by atoms with Gasteiger partial charge in [0.05, 0.1) is 30.7 Å². The van der Waals surface area contributed by atoms with Crippen LogP contribution in [0.3, 0.4) is 0 Å². The van der Waals surface area contributed by atoms with Gasteiger partial charge in [0.25, 0.3) is 0 Å². The van der Waals surface area contributed by atoms with Gasteiger partial charge in [0.2, 0.25) is 0 Å². The van der Waals surface area contributed by atoms with Crippen molar-refractivity contribution in [3.8, 4) is 11.3 Å². The van der Waals surface area contributed by atoms with Gasteiger partial charge < -0.3 is 10.0 Å². The summed E-state index contributed by atoms with van der Waals surface area (Å²) in [6, 6.07) is 10.7. The van der Waals surface area contributed by atoms with Gasteiger partial charge in [0, 0.05) is 56.2 Å². The van der Waals surface area contributed by atoms with E-state index < -0.39 is 0 Å². The Morgan fingerprint density at radius 2 is 1.83 bits per heavy atom. The molecule has 0 aliphatic carbocycles. The molecule has 1 N–H and O–H groups in total. The number of rotatable bonds is 6. The number of piperazine rings is 1. The molecule has 154 valence electrons. The van der Waals surface area contributed by atoms with E-state index in [0.29, 0.717) is 17.8 Å². The van der Waals surface area contributed by atoms with Crippen LogP contribution in [0.4, 0.5) is 10.1 Å². The predicted octanol–water partition coefficient (Wildman–Crippen LogP) is 2.82. The number of aromatic nitrogens is 3. The van der Waals surface area contributed by atoms with E-state index in [1.807, 2.05) is 30.6 Å². The molecule has 3 aromatic rings. The van der Waals surface area contributed by atoms with E-state index in [-0.39, 0.29) is 24.8 Å². The average molecular weight is 418 g/mol. The molecule has 1 aromatic carbocycles. The Morgan fingerprint density at radius 3 is 2.59 bits per heavy atom. The lowest BCUT2D eigenvalue weighted by atomic mass is 10.1. The molecule has 0 bridgehead atoms. The molecular weight excluding hydrogens is 393 g/mol. The van der Waals surface area contributed by atoms with Crippen LogP contribution < -0.4 is 4.90 Å². The van der Waals surface area contributed by atoms with E-state index in [1.165, 1.54) is 6.07 Å². The van der Waals surface area contributed by atoms with Crippen molar-refractivity contribution in [1.29, 1.82) is 0 Å². The Kier molecular flexibility index (Phi) is 7.19. The second kappa shape index (κ2) is 9.82. The van der Waals surface area contributed by atoms with Crippen LogP contribution in [0.1, 0.15) is 5.56 Å². The molecule has 1 saturated heterocycles. The molecule has 6 nitrogen and oxygen atoms in total. The van der Waals surface area contributed by atoms with Crippen LogP contribution >= 0.6 is 12.4 Å². The number of nitrogens with zero attached hydrogens (tertiary/aromatic N) is 5. The molecule has 0 radical (unpaired) electrons. The zero-order valence-corrected chi connectivity index (χ0v) is 16.9. The normalized spacial score (nSPS) is 14.6. The van der Waals surface area contributed by atoms with Crippen molar-refractivity contribution in [2.24, 2.45) is 0 Å². The monoisotopic (exact) mass is 417 g/mol. The molecule has 4 rings (SSSR count). The third kappa shape index (κ3) is 4.93. The van der Waals surface area contributed by atoms with Gasteiger partial charge >= 0.3 is 0 Å². The zero-order valence-electron chi connectivity index (χ0n) is 16.1. The minimum absolute atomic E-state index is 0. The summed E-state index contributed by atoms with van der Waals surface area (Å²) < 4.78 is 16.1. The summed E-state index contributed by atoms with van der Waals surface area (Å²) in [5.74, 6) is -0.249. The van der Waals surface area contributed by atoms with Gasteiger partial charge in [-0.05, 0) is 24.3 Å². The maximum Gasteiger partial charge on any atom is 0.132 e. The van der Waals surface area contributed by atoms with Crippen molar-refractivity contribution in [3.63, 3.8) is 0 Å². The Balaban J connectivity index is 0.00000240. The molecular formula is C21H25ClFN5O. The lowest BCUT2D eigenvalue weighted by Gasteiger charge is -2.36. The molecule has 1 aliphatic rings. The number of aliphatic hydroxyl groups excluding tert-OH is 1. The fraction of sp³-hybridized carbons (Fsp3) is 0.333. The van der Waals surface area contributed by atoms with Crippen LogP contribution in [0.5, 0.6) is 0 Å². The minimum atomic E-state index is -0.249. The van der Waals surface area contributed by atoms with Gasteiger partial charge in [-0.15, -0.1) is 12.4 Å². The highest BCUT2D eigenvalue weighted by molar-refractivity contribution is 5.85. The highest BCUT2D eigenvalue weighted by Crippen LogP contribution is 2.31. The third-order valence-corrected chi connectivity index (χ3v) is 5.05. The highest BCUT2D eigenvalue weighted by atomic mass is 35.5. The molecule has 29 heavy (non-hydrogen) atoms. The van der Waals surface area contributed by atoms with Crippen molar-refractivity contribution in [2.75, 3.05) is 37.7 Å². The first-order chi connectivity index (χ1) is 13.7. The average Bonchev–Trinajstić information content (AvgIpc) is 3.16. The third-order valence-electron chi connectivity index (χ3n) is 5.05. The molecule has 0 saturated carbocycles. The molecule has 8 heteroatoms. The van der Waals surface area contributed by atoms with Gasteiger partial charge in [-0.1, -0.05) is 12.1 Å². The van der Waals surface area contributed by atoms with Gasteiger partial charge in [-0.25, -0.2) is 4.39 Å². The number of halogens is 2. The number of hydrogen-bond donors (Lipinski definition) is 1. The maximum atomic E-state index is 14.3. The first kappa shape index (κ1) is 21.2. The SMILES string of the molecule is Cl.OCCn1cc(CN2CCN(c3cccnc3-c3ccccc3F)CC2)cn1. The lowest BCUT2D eigenvalue weighted by molar-refractivity contribution is 0.249. The summed E-state index contributed by atoms with van der Waals surface area (Å²) in [6.45, 7) is 5.00. The number of benzene rings is 1. The summed E-state index contributed by atoms with van der Waals surface area (Å²) in [5, 5.41) is 13.3. The van der Waals surface area contributed by atoms with Crippen LogP contribution in [-0.4, -0.2) is 57.6 Å². The van der Waals surface area contributed by atoms with E-state index >= 15 is 0 Å². The summed E-state index contributed by atoms with van der Waals surface area (Å²) in [5.41, 5.74) is 3.36. The summed E-state index contributed by atoms with van der Waals surface area (Å²) in [4.78, 5) is 9.13. The van der Waals surface area contributed by atoms with Gasteiger partial charge in [0.15, 0.2) is 0 Å². The largest absolute Gasteiger partial charge is 0.394 e. The van der Waals surface area contributed by atoms with Crippen molar-refractivity contribution >= 4 is 18.1 Å². The molecule has 0 amide bonds. The molecule has 2 aromatic heterocycles. The Labute approximate surface area is 176 Å². The second-order valence-corrected chi connectivity index (χ2v) is 6.95. The Hall–Kier alpha value is -2.48. The quantitative estimate of drug-likeness (QED) is 0.668. The molecule has 1 aliphatic heterocycles. The summed E-state index contributed by atoms with van der Waals surface area (Å²) in [7, 11) is 0. The van der Waals surface area contributed by atoms with Crippen molar-refractivity contribution in [1.82, 2.24) is 19.7 Å². The highest BCUT2D eigenvalue weighted by Gasteiger charge is 2.21. The first-order valence-corrected chi connectivity index (χ1v) is 9.54. The van der Waals surface area contributed by atoms with Gasteiger partial charge in [-0.2, -0.15) is 5.10 Å². The topological polar surface area (TPSA) is 57.4 Å². The van der Waals surface area contributed by atoms with E-state index in [1.54, 1.807) is 23.0 Å². The number of anilines is 1. The fourth-order valence-corrected chi connectivity index (χ4v) is 3.63. The molecule has 3 heterocycles. The molecule has 1 fully saturated rings. The van der Waals surface area contributed by atoms with E-state index in [9.17, 15) is 4.39 Å². The van der Waals surface area contributed by atoms with E-state index in [4.69, 9.17) is 5.11 Å². The van der Waals surface area contributed by atoms with Crippen molar-refractivity contribution in [2.45, 2.75) is 13.1 Å². The van der Waals surface area contributed by atoms with Crippen LogP contribution in [0.15, 0.2) is 55.0 Å². The standard InChI is InChI=1S/C21H24FN5O.ClH/c22-19-5-2-1-4-18(19)21-20(6-3-7-23-21)26-10-8-25(9-11-26)15-17-14-24-27(16-17)12-13-28;/h1-7,14,16,28H,8-13,15H2;1H. The molecule has 0 spiro atoms. The van der Waals surface area contributed by atoms with Crippen LogP contribution in [-0.2, 0) is 13.1 Å². The van der Waals surface area contributed by atoms with Gasteiger partial charge in [-0.3, -0.25) is 14.6 Å². The summed E-state index contributed by atoms with van der Waals surface area (Å²) in [6.07, 6.45) is 5.56. The van der Waals surface area contributed by atoms with Gasteiger partial charge in [0.1, 0.15) is 5.82 Å². The predicted molar refractivity (Wildman–Crippen MR) is 114 cm³/mol. The Morgan fingerprint density at radius 1 is 1.03 bits per heavy atom. The van der Waals surface area contributed by atoms with Crippen LogP contribution in [0.25, 0.3) is 11.3 Å². The summed E-state index contributed by atoms with van der Waals surface area (Å²) >= 11 is 0. The lowest BCUT2D eigenvalue weighted by Crippen LogP contribution is -2.46. The number of aliphatic hydroxyl groups is 1. The smallest absolute Gasteiger partial charge is 0.132 e. The maximum absolute atomic E-state index is 14.3. The number of hydrogen-bond acceptors (Lipinski definition) is 5. The van der Waals surface area contributed by atoms with E-state index in [2.05, 4.69) is 19.9 Å². The van der Waals surface area contributed by atoms with Crippen LogP contribution in [0.2, 0.25) is 0 Å². The molecule has 0 unspecified atom stereocenters. The second-order valence-electron chi connectivity index (χ2n) is 6.95. The first-order valence-electron chi connectivity index (χ1n) is 9.54.